The SMILES string of the molecule is CCn1cccc1CNC(CC(=O)OC)c1cccs1. The van der Waals surface area contributed by atoms with Gasteiger partial charge in [-0.25, -0.2) is 0 Å². The Labute approximate surface area is 123 Å². The highest BCUT2D eigenvalue weighted by Gasteiger charge is 2.17. The fraction of sp³-hybridized carbons (Fsp3) is 0.400. The van der Waals surface area contributed by atoms with Gasteiger partial charge >= 0.3 is 5.97 Å². The van der Waals surface area contributed by atoms with Crippen LogP contribution in [0.3, 0.4) is 0 Å². The van der Waals surface area contributed by atoms with E-state index in [1.165, 1.54) is 12.8 Å². The predicted molar refractivity (Wildman–Crippen MR) is 80.6 cm³/mol. The Morgan fingerprint density at radius 3 is 2.95 bits per heavy atom. The average molecular weight is 292 g/mol. The number of thiophene rings is 1. The Kier molecular flexibility index (Phi) is 5.38. The first-order valence-electron chi connectivity index (χ1n) is 6.72. The van der Waals surface area contributed by atoms with Crippen LogP contribution in [0.15, 0.2) is 35.8 Å². The largest absolute Gasteiger partial charge is 0.469 e. The fourth-order valence-electron chi connectivity index (χ4n) is 2.16. The number of carbonyl (C=O) groups is 1. The minimum absolute atomic E-state index is 0.00246. The van der Waals surface area contributed by atoms with Gasteiger partial charge < -0.3 is 14.6 Å². The molecule has 2 heterocycles. The first-order chi connectivity index (χ1) is 9.74. The van der Waals surface area contributed by atoms with Crippen LogP contribution >= 0.6 is 11.3 Å². The Morgan fingerprint density at radius 2 is 2.30 bits per heavy atom. The molecule has 1 atom stereocenters. The normalized spacial score (nSPS) is 12.3. The predicted octanol–water partition coefficient (Wildman–Crippen LogP) is 2.96. The summed E-state index contributed by atoms with van der Waals surface area (Å²) in [4.78, 5) is 12.7. The number of carbonyl (C=O) groups excluding carboxylic acids is 1. The van der Waals surface area contributed by atoms with Crippen molar-refractivity contribution >= 4 is 17.3 Å². The van der Waals surface area contributed by atoms with Crippen LogP contribution in [0.25, 0.3) is 0 Å². The monoisotopic (exact) mass is 292 g/mol. The molecule has 20 heavy (non-hydrogen) atoms. The van der Waals surface area contributed by atoms with E-state index in [9.17, 15) is 4.79 Å². The van der Waals surface area contributed by atoms with Gasteiger partial charge in [0.1, 0.15) is 0 Å². The summed E-state index contributed by atoms with van der Waals surface area (Å²) >= 11 is 1.65. The van der Waals surface area contributed by atoms with Crippen molar-refractivity contribution in [1.29, 1.82) is 0 Å². The van der Waals surface area contributed by atoms with Crippen molar-refractivity contribution in [2.45, 2.75) is 32.5 Å². The minimum Gasteiger partial charge on any atom is -0.469 e. The number of rotatable bonds is 7. The molecular formula is C15H20N2O2S. The fourth-order valence-corrected chi connectivity index (χ4v) is 2.96. The van der Waals surface area contributed by atoms with Gasteiger partial charge in [0, 0.05) is 29.9 Å². The summed E-state index contributed by atoms with van der Waals surface area (Å²) in [7, 11) is 1.43. The molecule has 0 aliphatic heterocycles. The van der Waals surface area contributed by atoms with Crippen molar-refractivity contribution in [3.8, 4) is 0 Å². The molecule has 0 fully saturated rings. The van der Waals surface area contributed by atoms with Gasteiger partial charge in [0.15, 0.2) is 0 Å². The van der Waals surface area contributed by atoms with Crippen molar-refractivity contribution in [1.82, 2.24) is 9.88 Å². The van der Waals surface area contributed by atoms with Crippen LogP contribution in [-0.2, 0) is 22.6 Å². The Bertz CT molecular complexity index is 534. The molecule has 1 unspecified atom stereocenters. The Balaban J connectivity index is 2.02. The maximum absolute atomic E-state index is 11.5. The van der Waals surface area contributed by atoms with Crippen LogP contribution in [0.1, 0.15) is 30.0 Å². The zero-order chi connectivity index (χ0) is 14.4. The third-order valence-electron chi connectivity index (χ3n) is 3.28. The maximum Gasteiger partial charge on any atom is 0.307 e. The molecule has 2 aromatic heterocycles. The van der Waals surface area contributed by atoms with Gasteiger partial charge in [-0.05, 0) is 30.5 Å². The maximum atomic E-state index is 11.5. The highest BCUT2D eigenvalue weighted by Crippen LogP contribution is 2.23. The molecule has 0 amide bonds. The molecule has 2 rings (SSSR count). The second kappa shape index (κ2) is 7.26. The summed E-state index contributed by atoms with van der Waals surface area (Å²) in [5, 5.41) is 5.48. The van der Waals surface area contributed by atoms with Gasteiger partial charge in [0.2, 0.25) is 0 Å². The first kappa shape index (κ1) is 14.8. The molecule has 108 valence electrons. The Hall–Kier alpha value is -1.59. The van der Waals surface area contributed by atoms with E-state index in [1.54, 1.807) is 11.3 Å². The molecule has 1 N–H and O–H groups in total. The average Bonchev–Trinajstić information content (AvgIpc) is 3.13. The topological polar surface area (TPSA) is 43.3 Å². The number of ether oxygens (including phenoxy) is 1. The van der Waals surface area contributed by atoms with Gasteiger partial charge in [-0.15, -0.1) is 11.3 Å². The molecule has 0 radical (unpaired) electrons. The molecule has 0 saturated carbocycles. The number of nitrogens with zero attached hydrogens (tertiary/aromatic N) is 1. The second-order valence-electron chi connectivity index (χ2n) is 4.51. The van der Waals surface area contributed by atoms with Crippen molar-refractivity contribution in [3.05, 3.63) is 46.4 Å². The van der Waals surface area contributed by atoms with Crippen molar-refractivity contribution in [2.24, 2.45) is 0 Å². The van der Waals surface area contributed by atoms with Crippen LogP contribution in [0.4, 0.5) is 0 Å². The summed E-state index contributed by atoms with van der Waals surface area (Å²) in [6.07, 6.45) is 2.42. The molecule has 0 aliphatic carbocycles. The number of methoxy groups -OCH3 is 1. The summed E-state index contributed by atoms with van der Waals surface area (Å²) in [5.41, 5.74) is 1.22. The zero-order valence-electron chi connectivity index (χ0n) is 11.8. The van der Waals surface area contributed by atoms with E-state index >= 15 is 0 Å². The van der Waals surface area contributed by atoms with E-state index in [0.29, 0.717) is 6.42 Å². The Morgan fingerprint density at radius 1 is 1.45 bits per heavy atom. The van der Waals surface area contributed by atoms with Crippen LogP contribution in [0.5, 0.6) is 0 Å². The van der Waals surface area contributed by atoms with E-state index < -0.39 is 0 Å². The van der Waals surface area contributed by atoms with Gasteiger partial charge in [0.05, 0.1) is 19.6 Å². The summed E-state index contributed by atoms with van der Waals surface area (Å²) in [6.45, 7) is 3.81. The number of nitrogens with one attached hydrogen (secondary N) is 1. The lowest BCUT2D eigenvalue weighted by atomic mass is 10.1. The molecule has 0 spiro atoms. The van der Waals surface area contributed by atoms with Crippen molar-refractivity contribution in [3.63, 3.8) is 0 Å². The zero-order valence-corrected chi connectivity index (χ0v) is 12.7. The first-order valence-corrected chi connectivity index (χ1v) is 7.60. The van der Waals surface area contributed by atoms with E-state index in [-0.39, 0.29) is 12.0 Å². The van der Waals surface area contributed by atoms with Crippen LogP contribution in [0, 0.1) is 0 Å². The summed E-state index contributed by atoms with van der Waals surface area (Å²) < 4.78 is 6.97. The quantitative estimate of drug-likeness (QED) is 0.798. The lowest BCUT2D eigenvalue weighted by Crippen LogP contribution is -2.24. The second-order valence-corrected chi connectivity index (χ2v) is 5.49. The smallest absolute Gasteiger partial charge is 0.307 e. The van der Waals surface area contributed by atoms with Gasteiger partial charge in [-0.3, -0.25) is 4.79 Å². The van der Waals surface area contributed by atoms with Gasteiger partial charge in [-0.2, -0.15) is 0 Å². The van der Waals surface area contributed by atoms with E-state index in [4.69, 9.17) is 4.74 Å². The molecule has 0 aliphatic rings. The number of hydrogen-bond donors (Lipinski definition) is 1. The van der Waals surface area contributed by atoms with E-state index in [0.717, 1.165) is 18.0 Å². The number of esters is 1. The van der Waals surface area contributed by atoms with Gasteiger partial charge in [-0.1, -0.05) is 6.07 Å². The highest BCUT2D eigenvalue weighted by atomic mass is 32.1. The third kappa shape index (κ3) is 3.71. The van der Waals surface area contributed by atoms with Crippen molar-refractivity contribution in [2.75, 3.05) is 7.11 Å². The summed E-state index contributed by atoms with van der Waals surface area (Å²) in [5.74, 6) is -0.193. The number of hydrogen-bond acceptors (Lipinski definition) is 4. The molecule has 0 bridgehead atoms. The highest BCUT2D eigenvalue weighted by molar-refractivity contribution is 7.10. The lowest BCUT2D eigenvalue weighted by Gasteiger charge is -2.17. The molecule has 0 saturated heterocycles. The van der Waals surface area contributed by atoms with Crippen LogP contribution in [0.2, 0.25) is 0 Å². The van der Waals surface area contributed by atoms with Crippen molar-refractivity contribution < 1.29 is 9.53 Å². The minimum atomic E-state index is -0.193. The molecular weight excluding hydrogens is 272 g/mol. The molecule has 2 aromatic rings. The van der Waals surface area contributed by atoms with Gasteiger partial charge in [0.25, 0.3) is 0 Å². The van der Waals surface area contributed by atoms with E-state index in [1.807, 2.05) is 23.6 Å². The van der Waals surface area contributed by atoms with Crippen LogP contribution < -0.4 is 5.32 Å². The number of aryl methyl sites for hydroxylation is 1. The molecule has 0 aromatic carbocycles. The standard InChI is InChI=1S/C15H20N2O2S/c1-3-17-8-4-6-12(17)11-16-13(10-15(18)19-2)14-7-5-9-20-14/h4-9,13,16H,3,10-11H2,1-2H3. The lowest BCUT2D eigenvalue weighted by molar-refractivity contribution is -0.141. The van der Waals surface area contributed by atoms with E-state index in [2.05, 4.69) is 29.1 Å². The summed E-state index contributed by atoms with van der Waals surface area (Å²) in [6, 6.07) is 8.19. The third-order valence-corrected chi connectivity index (χ3v) is 4.26. The molecule has 5 heteroatoms. The van der Waals surface area contributed by atoms with Crippen LogP contribution in [-0.4, -0.2) is 17.6 Å². The molecule has 4 nitrogen and oxygen atoms in total. The number of aromatic nitrogens is 1.